The van der Waals surface area contributed by atoms with Crippen LogP contribution in [-0.4, -0.2) is 20.5 Å². The Balaban J connectivity index is 2.90. The first kappa shape index (κ1) is 6.15. The van der Waals surface area contributed by atoms with Gasteiger partial charge in [0.15, 0.2) is 0 Å². The quantitative estimate of drug-likeness (QED) is 0.358. The Bertz CT molecular complexity index is 206. The smallest absolute Gasteiger partial charge is 0.123 e. The van der Waals surface area contributed by atoms with Gasteiger partial charge in [0.2, 0.25) is 0 Å². The standard InChI is InChI=1S/C4H5N3OS/c1-3(6-8)4-2-9-7-5-4/h2,8H,1H3/b6-3-. The van der Waals surface area contributed by atoms with Crippen molar-refractivity contribution in [2.45, 2.75) is 6.92 Å². The first-order valence-corrected chi connectivity index (χ1v) is 3.14. The van der Waals surface area contributed by atoms with Crippen molar-refractivity contribution in [1.29, 1.82) is 0 Å². The maximum atomic E-state index is 8.23. The average molecular weight is 143 g/mol. The fraction of sp³-hybridized carbons (Fsp3) is 0.250. The summed E-state index contributed by atoms with van der Waals surface area (Å²) in [6.45, 7) is 1.66. The highest BCUT2D eigenvalue weighted by Crippen LogP contribution is 1.97. The van der Waals surface area contributed by atoms with Crippen molar-refractivity contribution in [2.75, 3.05) is 0 Å². The summed E-state index contributed by atoms with van der Waals surface area (Å²) in [4.78, 5) is 0. The van der Waals surface area contributed by atoms with Gasteiger partial charge < -0.3 is 5.21 Å². The third kappa shape index (κ3) is 1.23. The topological polar surface area (TPSA) is 58.4 Å². The molecule has 4 nitrogen and oxygen atoms in total. The monoisotopic (exact) mass is 143 g/mol. The molecule has 0 radical (unpaired) electrons. The second-order valence-corrected chi connectivity index (χ2v) is 2.09. The number of nitrogens with zero attached hydrogens (tertiary/aromatic N) is 3. The lowest BCUT2D eigenvalue weighted by atomic mass is 10.3. The SMILES string of the molecule is C/C(=N/O)c1csnn1. The van der Waals surface area contributed by atoms with Crippen LogP contribution >= 0.6 is 11.5 Å². The van der Waals surface area contributed by atoms with Crippen LogP contribution in [-0.2, 0) is 0 Å². The zero-order valence-corrected chi connectivity index (χ0v) is 5.59. The van der Waals surface area contributed by atoms with Gasteiger partial charge in [0, 0.05) is 5.38 Å². The number of hydrogen-bond donors (Lipinski definition) is 1. The number of rotatable bonds is 1. The Morgan fingerprint density at radius 1 is 1.89 bits per heavy atom. The molecule has 0 aliphatic carbocycles. The lowest BCUT2D eigenvalue weighted by Gasteiger charge is -1.84. The van der Waals surface area contributed by atoms with E-state index in [0.29, 0.717) is 11.4 Å². The molecule has 0 aliphatic heterocycles. The summed E-state index contributed by atoms with van der Waals surface area (Å²) in [5.41, 5.74) is 1.12. The van der Waals surface area contributed by atoms with Crippen LogP contribution in [0.25, 0.3) is 0 Å². The second-order valence-electron chi connectivity index (χ2n) is 1.48. The predicted octanol–water partition coefficient (Wildman–Crippen LogP) is 0.736. The summed E-state index contributed by atoms with van der Waals surface area (Å²) in [6, 6.07) is 0. The number of aromatic nitrogens is 2. The third-order valence-electron chi connectivity index (χ3n) is 0.881. The molecule has 0 fully saturated rings. The molecular formula is C4H5N3OS. The molecular weight excluding hydrogens is 138 g/mol. The van der Waals surface area contributed by atoms with Crippen molar-refractivity contribution < 1.29 is 5.21 Å². The van der Waals surface area contributed by atoms with Crippen LogP contribution in [0.4, 0.5) is 0 Å². The Morgan fingerprint density at radius 2 is 2.67 bits per heavy atom. The summed E-state index contributed by atoms with van der Waals surface area (Å²) in [6.07, 6.45) is 0. The van der Waals surface area contributed by atoms with Gasteiger partial charge in [0.05, 0.1) is 0 Å². The van der Waals surface area contributed by atoms with Crippen LogP contribution in [0.15, 0.2) is 10.5 Å². The molecule has 5 heteroatoms. The first-order chi connectivity index (χ1) is 4.34. The molecule has 1 aromatic heterocycles. The molecule has 0 unspecified atom stereocenters. The molecule has 0 amide bonds. The Labute approximate surface area is 56.0 Å². The zero-order valence-electron chi connectivity index (χ0n) is 4.77. The molecule has 0 aromatic carbocycles. The van der Waals surface area contributed by atoms with Crippen LogP contribution in [0.3, 0.4) is 0 Å². The molecule has 0 aliphatic rings. The average Bonchev–Trinajstić information content (AvgIpc) is 2.37. The van der Waals surface area contributed by atoms with Crippen LogP contribution in [0.5, 0.6) is 0 Å². The van der Waals surface area contributed by atoms with Crippen molar-refractivity contribution in [3.8, 4) is 0 Å². The van der Waals surface area contributed by atoms with Gasteiger partial charge in [-0.3, -0.25) is 0 Å². The highest BCUT2D eigenvalue weighted by Gasteiger charge is 1.98. The molecule has 0 saturated heterocycles. The Hall–Kier alpha value is -0.970. The van der Waals surface area contributed by atoms with Crippen LogP contribution in [0, 0.1) is 0 Å². The van der Waals surface area contributed by atoms with Gasteiger partial charge in [0.1, 0.15) is 11.4 Å². The number of hydrogen-bond acceptors (Lipinski definition) is 5. The molecule has 1 aromatic rings. The van der Waals surface area contributed by atoms with Crippen molar-refractivity contribution in [3.05, 3.63) is 11.1 Å². The molecule has 1 heterocycles. The van der Waals surface area contributed by atoms with E-state index in [1.165, 1.54) is 11.5 Å². The summed E-state index contributed by atoms with van der Waals surface area (Å²) in [7, 11) is 0. The van der Waals surface area contributed by atoms with E-state index in [0.717, 1.165) is 0 Å². The number of oxime groups is 1. The largest absolute Gasteiger partial charge is 0.411 e. The molecule has 0 bridgehead atoms. The molecule has 0 atom stereocenters. The van der Waals surface area contributed by atoms with E-state index in [-0.39, 0.29) is 0 Å². The van der Waals surface area contributed by atoms with Gasteiger partial charge in [-0.2, -0.15) is 0 Å². The van der Waals surface area contributed by atoms with Crippen LogP contribution in [0.2, 0.25) is 0 Å². The molecule has 1 N–H and O–H groups in total. The lowest BCUT2D eigenvalue weighted by molar-refractivity contribution is 0.319. The van der Waals surface area contributed by atoms with Gasteiger partial charge in [-0.15, -0.1) is 5.10 Å². The summed E-state index contributed by atoms with van der Waals surface area (Å²) < 4.78 is 3.59. The Kier molecular flexibility index (Phi) is 1.74. The minimum atomic E-state index is 0.490. The Morgan fingerprint density at radius 3 is 3.11 bits per heavy atom. The summed E-state index contributed by atoms with van der Waals surface area (Å²) >= 11 is 1.23. The second kappa shape index (κ2) is 2.54. The van der Waals surface area contributed by atoms with Crippen molar-refractivity contribution in [1.82, 2.24) is 9.59 Å². The fourth-order valence-electron chi connectivity index (χ4n) is 0.373. The summed E-state index contributed by atoms with van der Waals surface area (Å²) in [5.74, 6) is 0. The van der Waals surface area contributed by atoms with E-state index >= 15 is 0 Å². The third-order valence-corrected chi connectivity index (χ3v) is 1.39. The van der Waals surface area contributed by atoms with E-state index < -0.39 is 0 Å². The molecule has 0 saturated carbocycles. The van der Waals surface area contributed by atoms with E-state index in [9.17, 15) is 0 Å². The van der Waals surface area contributed by atoms with Gasteiger partial charge in [-0.1, -0.05) is 9.64 Å². The fourth-order valence-corrected chi connectivity index (χ4v) is 0.873. The van der Waals surface area contributed by atoms with Crippen LogP contribution < -0.4 is 0 Å². The van der Waals surface area contributed by atoms with Crippen molar-refractivity contribution >= 4 is 17.2 Å². The summed E-state index contributed by atoms with van der Waals surface area (Å²) in [5, 5.41) is 16.6. The van der Waals surface area contributed by atoms with Gasteiger partial charge in [-0.25, -0.2) is 0 Å². The zero-order chi connectivity index (χ0) is 6.69. The minimum absolute atomic E-state index is 0.490. The van der Waals surface area contributed by atoms with Gasteiger partial charge >= 0.3 is 0 Å². The van der Waals surface area contributed by atoms with Crippen molar-refractivity contribution in [3.63, 3.8) is 0 Å². The molecule has 1 rings (SSSR count). The van der Waals surface area contributed by atoms with E-state index in [1.807, 2.05) is 0 Å². The molecule has 0 spiro atoms. The minimum Gasteiger partial charge on any atom is -0.411 e. The van der Waals surface area contributed by atoms with Crippen LogP contribution in [0.1, 0.15) is 12.6 Å². The maximum Gasteiger partial charge on any atom is 0.123 e. The lowest BCUT2D eigenvalue weighted by Crippen LogP contribution is -1.93. The molecule has 9 heavy (non-hydrogen) atoms. The van der Waals surface area contributed by atoms with Gasteiger partial charge in [0.25, 0.3) is 0 Å². The highest BCUT2D eigenvalue weighted by molar-refractivity contribution is 7.03. The van der Waals surface area contributed by atoms with Gasteiger partial charge in [-0.05, 0) is 18.5 Å². The maximum absolute atomic E-state index is 8.23. The van der Waals surface area contributed by atoms with E-state index in [2.05, 4.69) is 14.7 Å². The highest BCUT2D eigenvalue weighted by atomic mass is 32.1. The predicted molar refractivity (Wildman–Crippen MR) is 33.9 cm³/mol. The molecule has 48 valence electrons. The normalized spacial score (nSPS) is 11.9. The van der Waals surface area contributed by atoms with E-state index in [4.69, 9.17) is 5.21 Å². The first-order valence-electron chi connectivity index (χ1n) is 2.30. The van der Waals surface area contributed by atoms with E-state index in [1.54, 1.807) is 12.3 Å². The van der Waals surface area contributed by atoms with Crippen molar-refractivity contribution in [2.24, 2.45) is 5.16 Å².